The molecule has 1 saturated heterocycles. The third kappa shape index (κ3) is 6.10. The van der Waals surface area contributed by atoms with Crippen LogP contribution in [0.1, 0.15) is 75.5 Å². The van der Waals surface area contributed by atoms with Crippen LogP contribution in [-0.2, 0) is 6.42 Å². The van der Waals surface area contributed by atoms with Gasteiger partial charge in [0.25, 0.3) is 0 Å². The number of aliphatic hydroxyl groups excluding tert-OH is 1. The Hall–Kier alpha value is -0.860. The highest BCUT2D eigenvalue weighted by Gasteiger charge is 2.13. The van der Waals surface area contributed by atoms with Crippen molar-refractivity contribution in [3.05, 3.63) is 35.4 Å². The lowest BCUT2D eigenvalue weighted by Crippen LogP contribution is -2.31. The van der Waals surface area contributed by atoms with E-state index in [2.05, 4.69) is 36.1 Å². The van der Waals surface area contributed by atoms with E-state index in [4.69, 9.17) is 0 Å². The molecule has 0 amide bonds. The van der Waals surface area contributed by atoms with Gasteiger partial charge in [0.1, 0.15) is 0 Å². The lowest BCUT2D eigenvalue weighted by atomic mass is 10.0. The first kappa shape index (κ1) is 17.5. The number of benzene rings is 1. The highest BCUT2D eigenvalue weighted by atomic mass is 16.3. The number of aliphatic hydroxyl groups is 1. The summed E-state index contributed by atoms with van der Waals surface area (Å²) < 4.78 is 0. The molecule has 1 fully saturated rings. The molecule has 1 atom stereocenters. The van der Waals surface area contributed by atoms with Gasteiger partial charge in [0.2, 0.25) is 0 Å². The fourth-order valence-corrected chi connectivity index (χ4v) is 3.32. The molecule has 0 saturated carbocycles. The Morgan fingerprint density at radius 2 is 1.73 bits per heavy atom. The number of nitrogens with zero attached hydrogens (tertiary/aromatic N) is 1. The standard InChI is InChI=1S/C20H33NO/c1-2-3-4-6-9-18-10-12-19(13-11-18)20(22)14-17-21-15-7-5-8-16-21/h10-13,20,22H,2-9,14-17H2,1H3. The summed E-state index contributed by atoms with van der Waals surface area (Å²) in [7, 11) is 0. The normalized spacial score (nSPS) is 17.5. The van der Waals surface area contributed by atoms with Gasteiger partial charge < -0.3 is 10.0 Å². The molecular weight excluding hydrogens is 270 g/mol. The van der Waals surface area contributed by atoms with Crippen LogP contribution in [0.25, 0.3) is 0 Å². The quantitative estimate of drug-likeness (QED) is 0.667. The molecule has 0 spiro atoms. The van der Waals surface area contributed by atoms with E-state index in [1.54, 1.807) is 0 Å². The van der Waals surface area contributed by atoms with Gasteiger partial charge in [-0.2, -0.15) is 0 Å². The van der Waals surface area contributed by atoms with Gasteiger partial charge in [-0.05, 0) is 56.3 Å². The van der Waals surface area contributed by atoms with Crippen molar-refractivity contribution in [1.29, 1.82) is 0 Å². The third-order valence-electron chi connectivity index (χ3n) is 4.85. The van der Waals surface area contributed by atoms with E-state index < -0.39 is 0 Å². The minimum Gasteiger partial charge on any atom is -0.388 e. The SMILES string of the molecule is CCCCCCc1ccc(C(O)CCN2CCCCC2)cc1. The Morgan fingerprint density at radius 3 is 2.41 bits per heavy atom. The molecule has 2 heteroatoms. The zero-order valence-electron chi connectivity index (χ0n) is 14.3. The van der Waals surface area contributed by atoms with Crippen LogP contribution in [0.15, 0.2) is 24.3 Å². The van der Waals surface area contributed by atoms with E-state index >= 15 is 0 Å². The van der Waals surface area contributed by atoms with E-state index in [0.717, 1.165) is 18.5 Å². The smallest absolute Gasteiger partial charge is 0.0802 e. The summed E-state index contributed by atoms with van der Waals surface area (Å²) in [5, 5.41) is 10.4. The zero-order valence-corrected chi connectivity index (χ0v) is 14.3. The third-order valence-corrected chi connectivity index (χ3v) is 4.85. The zero-order chi connectivity index (χ0) is 15.6. The number of hydrogen-bond donors (Lipinski definition) is 1. The summed E-state index contributed by atoms with van der Waals surface area (Å²) in [6.45, 7) is 5.70. The fourth-order valence-electron chi connectivity index (χ4n) is 3.32. The Morgan fingerprint density at radius 1 is 1.00 bits per heavy atom. The Kier molecular flexibility index (Phi) is 7.96. The lowest BCUT2D eigenvalue weighted by molar-refractivity contribution is 0.134. The molecular formula is C20H33NO. The predicted molar refractivity (Wildman–Crippen MR) is 94.2 cm³/mol. The number of rotatable bonds is 9. The second kappa shape index (κ2) is 10.0. The summed E-state index contributed by atoms with van der Waals surface area (Å²) >= 11 is 0. The Labute approximate surface area is 136 Å². The van der Waals surface area contributed by atoms with Crippen LogP contribution in [0.3, 0.4) is 0 Å². The van der Waals surface area contributed by atoms with Crippen molar-refractivity contribution in [2.45, 2.75) is 70.8 Å². The molecule has 124 valence electrons. The minimum absolute atomic E-state index is 0.309. The van der Waals surface area contributed by atoms with E-state index in [1.165, 1.54) is 70.0 Å². The maximum atomic E-state index is 10.4. The topological polar surface area (TPSA) is 23.5 Å². The molecule has 1 aliphatic rings. The molecule has 2 rings (SSSR count). The number of piperidine rings is 1. The van der Waals surface area contributed by atoms with Crippen LogP contribution < -0.4 is 0 Å². The van der Waals surface area contributed by atoms with Gasteiger partial charge >= 0.3 is 0 Å². The lowest BCUT2D eigenvalue weighted by Gasteiger charge is -2.27. The summed E-state index contributed by atoms with van der Waals surface area (Å²) in [6.07, 6.45) is 11.0. The van der Waals surface area contributed by atoms with Gasteiger partial charge in [-0.3, -0.25) is 0 Å². The monoisotopic (exact) mass is 303 g/mol. The molecule has 0 bridgehead atoms. The van der Waals surface area contributed by atoms with Gasteiger partial charge in [0.15, 0.2) is 0 Å². The fraction of sp³-hybridized carbons (Fsp3) is 0.700. The average molecular weight is 303 g/mol. The average Bonchev–Trinajstić information content (AvgIpc) is 2.58. The van der Waals surface area contributed by atoms with Crippen molar-refractivity contribution in [3.8, 4) is 0 Å². The molecule has 1 heterocycles. The van der Waals surface area contributed by atoms with Crippen molar-refractivity contribution < 1.29 is 5.11 Å². The molecule has 1 aromatic rings. The minimum atomic E-state index is -0.309. The molecule has 1 aliphatic heterocycles. The van der Waals surface area contributed by atoms with Crippen LogP contribution in [0.4, 0.5) is 0 Å². The molecule has 0 radical (unpaired) electrons. The predicted octanol–water partition coefficient (Wildman–Crippen LogP) is 4.72. The van der Waals surface area contributed by atoms with Crippen molar-refractivity contribution in [1.82, 2.24) is 4.90 Å². The van der Waals surface area contributed by atoms with Crippen molar-refractivity contribution in [3.63, 3.8) is 0 Å². The summed E-state index contributed by atoms with van der Waals surface area (Å²) in [4.78, 5) is 2.49. The highest BCUT2D eigenvalue weighted by molar-refractivity contribution is 5.24. The summed E-state index contributed by atoms with van der Waals surface area (Å²) in [6, 6.07) is 8.64. The second-order valence-corrected chi connectivity index (χ2v) is 6.76. The van der Waals surface area contributed by atoms with Gasteiger partial charge in [-0.25, -0.2) is 0 Å². The summed E-state index contributed by atoms with van der Waals surface area (Å²) in [5.74, 6) is 0. The largest absolute Gasteiger partial charge is 0.388 e. The Bertz CT molecular complexity index is 395. The first-order valence-corrected chi connectivity index (χ1v) is 9.29. The van der Waals surface area contributed by atoms with E-state index in [0.29, 0.717) is 0 Å². The van der Waals surface area contributed by atoms with Gasteiger partial charge in [-0.1, -0.05) is 56.9 Å². The maximum Gasteiger partial charge on any atom is 0.0802 e. The molecule has 1 N–H and O–H groups in total. The van der Waals surface area contributed by atoms with E-state index in [1.807, 2.05) is 0 Å². The van der Waals surface area contributed by atoms with Crippen molar-refractivity contribution in [2.24, 2.45) is 0 Å². The van der Waals surface area contributed by atoms with Gasteiger partial charge in [0.05, 0.1) is 6.10 Å². The number of aryl methyl sites for hydroxylation is 1. The van der Waals surface area contributed by atoms with Crippen LogP contribution in [0.2, 0.25) is 0 Å². The molecule has 0 aliphatic carbocycles. The number of unbranched alkanes of at least 4 members (excludes halogenated alkanes) is 3. The summed E-state index contributed by atoms with van der Waals surface area (Å²) in [5.41, 5.74) is 2.48. The molecule has 0 aromatic heterocycles. The number of hydrogen-bond acceptors (Lipinski definition) is 2. The van der Waals surface area contributed by atoms with Crippen LogP contribution in [0, 0.1) is 0 Å². The highest BCUT2D eigenvalue weighted by Crippen LogP contribution is 2.20. The first-order chi connectivity index (χ1) is 10.8. The Balaban J connectivity index is 1.71. The second-order valence-electron chi connectivity index (χ2n) is 6.76. The van der Waals surface area contributed by atoms with Crippen LogP contribution in [-0.4, -0.2) is 29.6 Å². The molecule has 2 nitrogen and oxygen atoms in total. The van der Waals surface area contributed by atoms with Crippen LogP contribution in [0.5, 0.6) is 0 Å². The molecule has 1 aromatic carbocycles. The van der Waals surface area contributed by atoms with Crippen LogP contribution >= 0.6 is 0 Å². The van der Waals surface area contributed by atoms with E-state index in [-0.39, 0.29) is 6.10 Å². The molecule has 22 heavy (non-hydrogen) atoms. The number of likely N-dealkylation sites (tertiary alicyclic amines) is 1. The maximum absolute atomic E-state index is 10.4. The van der Waals surface area contributed by atoms with Crippen molar-refractivity contribution >= 4 is 0 Å². The first-order valence-electron chi connectivity index (χ1n) is 9.29. The molecule has 1 unspecified atom stereocenters. The van der Waals surface area contributed by atoms with Gasteiger partial charge in [-0.15, -0.1) is 0 Å². The van der Waals surface area contributed by atoms with Crippen molar-refractivity contribution in [2.75, 3.05) is 19.6 Å². The van der Waals surface area contributed by atoms with Gasteiger partial charge in [0, 0.05) is 6.54 Å². The van der Waals surface area contributed by atoms with E-state index in [9.17, 15) is 5.11 Å².